The number of carbonyl (C=O) groups is 1. The Balaban J connectivity index is 1.58. The highest BCUT2D eigenvalue weighted by molar-refractivity contribution is 5.84. The van der Waals surface area contributed by atoms with E-state index >= 15 is 0 Å². The molecule has 1 heterocycles. The number of carbonyl (C=O) groups excluding carboxylic acids is 1. The van der Waals surface area contributed by atoms with E-state index in [4.69, 9.17) is 9.47 Å². The quantitative estimate of drug-likeness (QED) is 0.560. The van der Waals surface area contributed by atoms with Crippen molar-refractivity contribution in [3.63, 3.8) is 0 Å². The summed E-state index contributed by atoms with van der Waals surface area (Å²) in [6.07, 6.45) is 2.46. The third-order valence-electron chi connectivity index (χ3n) is 4.93. The van der Waals surface area contributed by atoms with Gasteiger partial charge in [-0.25, -0.2) is 0 Å². The van der Waals surface area contributed by atoms with Gasteiger partial charge in [0.25, 0.3) is 0 Å². The number of fused-ring (bicyclic) bond motifs is 1. The van der Waals surface area contributed by atoms with Crippen molar-refractivity contribution in [1.29, 1.82) is 0 Å². The summed E-state index contributed by atoms with van der Waals surface area (Å²) in [7, 11) is 3.12. The molecule has 2 aromatic carbocycles. The zero-order valence-electron chi connectivity index (χ0n) is 15.6. The second kappa shape index (κ2) is 9.01. The van der Waals surface area contributed by atoms with E-state index in [0.29, 0.717) is 6.42 Å². The third kappa shape index (κ3) is 4.74. The lowest BCUT2D eigenvalue weighted by atomic mass is 10.0. The standard InChI is InChI=1S/C21H27NO4/c1-24-19-9-8-16-13-18(7-6-17(16)14-19)20-15-22(11-12-26-20)10-4-3-5-21(23)25-2/h6-9,13-14,20H,3-5,10-12,15H2,1-2H3/t20-/m1/s1. The number of unbranched alkanes of at least 4 members (excludes halogenated alkanes) is 1. The average Bonchev–Trinajstić information content (AvgIpc) is 2.70. The summed E-state index contributed by atoms with van der Waals surface area (Å²) >= 11 is 0. The van der Waals surface area contributed by atoms with Gasteiger partial charge in [-0.3, -0.25) is 9.69 Å². The second-order valence-corrected chi connectivity index (χ2v) is 6.67. The van der Waals surface area contributed by atoms with E-state index in [1.54, 1.807) is 7.11 Å². The fraction of sp³-hybridized carbons (Fsp3) is 0.476. The van der Waals surface area contributed by atoms with Crippen molar-refractivity contribution >= 4 is 16.7 Å². The Hall–Kier alpha value is -2.11. The lowest BCUT2D eigenvalue weighted by Gasteiger charge is -2.33. The maximum Gasteiger partial charge on any atom is 0.305 e. The topological polar surface area (TPSA) is 48.0 Å². The van der Waals surface area contributed by atoms with Gasteiger partial charge in [0.2, 0.25) is 0 Å². The number of nitrogens with zero attached hydrogens (tertiary/aromatic N) is 1. The predicted octanol–water partition coefficient (Wildman–Crippen LogP) is 3.57. The molecule has 0 N–H and O–H groups in total. The summed E-state index contributed by atoms with van der Waals surface area (Å²) in [5.74, 6) is 0.745. The van der Waals surface area contributed by atoms with Gasteiger partial charge >= 0.3 is 5.97 Å². The highest BCUT2D eigenvalue weighted by Gasteiger charge is 2.22. The summed E-state index contributed by atoms with van der Waals surface area (Å²) in [5.41, 5.74) is 1.21. The lowest BCUT2D eigenvalue weighted by Crippen LogP contribution is -2.38. The number of benzene rings is 2. The second-order valence-electron chi connectivity index (χ2n) is 6.67. The molecule has 1 aliphatic rings. The molecular formula is C21H27NO4. The van der Waals surface area contributed by atoms with Crippen molar-refractivity contribution < 1.29 is 19.0 Å². The number of methoxy groups -OCH3 is 2. The molecule has 5 heteroatoms. The van der Waals surface area contributed by atoms with Gasteiger partial charge in [-0.2, -0.15) is 0 Å². The first-order valence-electron chi connectivity index (χ1n) is 9.18. The minimum absolute atomic E-state index is 0.0934. The number of esters is 1. The first-order valence-corrected chi connectivity index (χ1v) is 9.18. The molecule has 0 amide bonds. The predicted molar refractivity (Wildman–Crippen MR) is 102 cm³/mol. The first-order chi connectivity index (χ1) is 12.7. The SMILES string of the molecule is COC(=O)CCCCN1CCO[C@@H](c2ccc3cc(OC)ccc3c2)C1. The minimum Gasteiger partial charge on any atom is -0.497 e. The van der Waals surface area contributed by atoms with Crippen LogP contribution in [0.25, 0.3) is 10.8 Å². The molecule has 0 unspecified atom stereocenters. The van der Waals surface area contributed by atoms with Crippen LogP contribution in [0.3, 0.4) is 0 Å². The molecule has 0 saturated carbocycles. The summed E-state index contributed by atoms with van der Waals surface area (Å²) in [6, 6.07) is 12.6. The van der Waals surface area contributed by atoms with Gasteiger partial charge in [-0.1, -0.05) is 18.2 Å². The molecule has 1 saturated heterocycles. The highest BCUT2D eigenvalue weighted by Crippen LogP contribution is 2.28. The van der Waals surface area contributed by atoms with Crippen LogP contribution in [0.2, 0.25) is 0 Å². The minimum atomic E-state index is -0.127. The van der Waals surface area contributed by atoms with E-state index in [-0.39, 0.29) is 12.1 Å². The van der Waals surface area contributed by atoms with Crippen LogP contribution in [0.1, 0.15) is 30.9 Å². The molecule has 1 atom stereocenters. The number of hydrogen-bond acceptors (Lipinski definition) is 5. The Morgan fingerprint density at radius 2 is 1.96 bits per heavy atom. The molecule has 26 heavy (non-hydrogen) atoms. The third-order valence-corrected chi connectivity index (χ3v) is 4.93. The molecule has 1 fully saturated rings. The van der Waals surface area contributed by atoms with Crippen LogP contribution in [0.15, 0.2) is 36.4 Å². The van der Waals surface area contributed by atoms with Gasteiger partial charge in [0, 0.05) is 19.5 Å². The van der Waals surface area contributed by atoms with Crippen LogP contribution >= 0.6 is 0 Å². The van der Waals surface area contributed by atoms with Gasteiger partial charge in [0.05, 0.1) is 26.9 Å². The van der Waals surface area contributed by atoms with E-state index in [9.17, 15) is 4.79 Å². The van der Waals surface area contributed by atoms with E-state index in [0.717, 1.165) is 44.8 Å². The number of rotatable bonds is 7. The van der Waals surface area contributed by atoms with Gasteiger partial charge in [0.15, 0.2) is 0 Å². The molecule has 1 aliphatic heterocycles. The van der Waals surface area contributed by atoms with Crippen LogP contribution in [0.5, 0.6) is 5.75 Å². The Kier molecular flexibility index (Phi) is 6.47. The summed E-state index contributed by atoms with van der Waals surface area (Å²) in [6.45, 7) is 3.56. The maximum absolute atomic E-state index is 11.2. The molecule has 2 aromatic rings. The van der Waals surface area contributed by atoms with Gasteiger partial charge in [-0.15, -0.1) is 0 Å². The van der Waals surface area contributed by atoms with Crippen LogP contribution in [-0.2, 0) is 14.3 Å². The smallest absolute Gasteiger partial charge is 0.305 e. The molecule has 5 nitrogen and oxygen atoms in total. The number of morpholine rings is 1. The largest absolute Gasteiger partial charge is 0.497 e. The van der Waals surface area contributed by atoms with Crippen molar-refractivity contribution in [3.05, 3.63) is 42.0 Å². The summed E-state index contributed by atoms with van der Waals surface area (Å²) in [5, 5.41) is 2.37. The van der Waals surface area contributed by atoms with Crippen molar-refractivity contribution in [3.8, 4) is 5.75 Å². The van der Waals surface area contributed by atoms with E-state index in [1.807, 2.05) is 6.07 Å². The first kappa shape index (κ1) is 18.7. The van der Waals surface area contributed by atoms with E-state index in [1.165, 1.54) is 23.4 Å². The molecule has 0 aromatic heterocycles. The zero-order chi connectivity index (χ0) is 18.4. The molecule has 140 valence electrons. The van der Waals surface area contributed by atoms with Gasteiger partial charge < -0.3 is 14.2 Å². The zero-order valence-corrected chi connectivity index (χ0v) is 15.6. The van der Waals surface area contributed by atoms with Crippen LogP contribution < -0.4 is 4.74 Å². The summed E-state index contributed by atoms with van der Waals surface area (Å²) in [4.78, 5) is 13.6. The molecule has 3 rings (SSSR count). The molecular weight excluding hydrogens is 330 g/mol. The number of ether oxygens (including phenoxy) is 3. The van der Waals surface area contributed by atoms with Crippen LogP contribution in [0.4, 0.5) is 0 Å². The number of hydrogen-bond donors (Lipinski definition) is 0. The van der Waals surface area contributed by atoms with E-state index < -0.39 is 0 Å². The molecule has 0 spiro atoms. The van der Waals surface area contributed by atoms with E-state index in [2.05, 4.69) is 40.0 Å². The monoisotopic (exact) mass is 357 g/mol. The molecule has 0 bridgehead atoms. The maximum atomic E-state index is 11.2. The van der Waals surface area contributed by atoms with Crippen LogP contribution in [0, 0.1) is 0 Å². The average molecular weight is 357 g/mol. The van der Waals surface area contributed by atoms with Crippen molar-refractivity contribution in [2.24, 2.45) is 0 Å². The lowest BCUT2D eigenvalue weighted by molar-refractivity contribution is -0.140. The Bertz CT molecular complexity index is 746. The highest BCUT2D eigenvalue weighted by atomic mass is 16.5. The van der Waals surface area contributed by atoms with Crippen molar-refractivity contribution in [2.75, 3.05) is 40.5 Å². The van der Waals surface area contributed by atoms with Crippen molar-refractivity contribution in [1.82, 2.24) is 4.90 Å². The molecule has 0 radical (unpaired) electrons. The Morgan fingerprint density at radius 3 is 2.77 bits per heavy atom. The van der Waals surface area contributed by atoms with Crippen LogP contribution in [-0.4, -0.2) is 51.3 Å². The normalized spacial score (nSPS) is 18.0. The Labute approximate surface area is 154 Å². The Morgan fingerprint density at radius 1 is 1.15 bits per heavy atom. The summed E-state index contributed by atoms with van der Waals surface area (Å²) < 4.78 is 16.0. The fourth-order valence-corrected chi connectivity index (χ4v) is 3.38. The van der Waals surface area contributed by atoms with Crippen molar-refractivity contribution in [2.45, 2.75) is 25.4 Å². The van der Waals surface area contributed by atoms with Gasteiger partial charge in [-0.05, 0) is 53.9 Å². The fourth-order valence-electron chi connectivity index (χ4n) is 3.38. The molecule has 0 aliphatic carbocycles. The van der Waals surface area contributed by atoms with Gasteiger partial charge in [0.1, 0.15) is 5.75 Å².